The number of piperidine rings is 1. The topological polar surface area (TPSA) is 54.3 Å². The van der Waals surface area contributed by atoms with Crippen molar-refractivity contribution in [1.82, 2.24) is 19.7 Å². The number of hydrogen-bond acceptors (Lipinski definition) is 4. The van der Waals surface area contributed by atoms with Gasteiger partial charge in [-0.05, 0) is 57.2 Å². The fourth-order valence-corrected chi connectivity index (χ4v) is 3.55. The Labute approximate surface area is 159 Å². The average molecular weight is 361 g/mol. The van der Waals surface area contributed by atoms with Gasteiger partial charge in [0.2, 0.25) is 0 Å². The van der Waals surface area contributed by atoms with Gasteiger partial charge in [0.1, 0.15) is 0 Å². The lowest BCUT2D eigenvalue weighted by Crippen LogP contribution is -2.46. The highest BCUT2D eigenvalue weighted by molar-refractivity contribution is 6.06. The maximum Gasteiger partial charge on any atom is 0.261 e. The molecule has 2 aromatic heterocycles. The highest BCUT2D eigenvalue weighted by atomic mass is 16.2. The summed E-state index contributed by atoms with van der Waals surface area (Å²) in [5, 5.41) is 4.37. The Hall–Kier alpha value is -2.99. The van der Waals surface area contributed by atoms with Gasteiger partial charge in [-0.25, -0.2) is 4.68 Å². The molecule has 0 spiro atoms. The standard InChI is InChI=1S/C21H23N5O/c1-24-13-9-20(10-14-24)26(19-5-3-2-4-6-19)21(27)17-15-23-25(16-17)18-7-11-22-12-8-18/h2-8,11-12,15-16,20H,9-10,13-14H2,1H3. The van der Waals surface area contributed by atoms with Crippen LogP contribution < -0.4 is 4.90 Å². The number of amides is 1. The molecular weight excluding hydrogens is 338 g/mol. The smallest absolute Gasteiger partial charge is 0.261 e. The number of hydrogen-bond donors (Lipinski definition) is 0. The predicted molar refractivity (Wildman–Crippen MR) is 105 cm³/mol. The summed E-state index contributed by atoms with van der Waals surface area (Å²) in [5.41, 5.74) is 2.41. The maximum absolute atomic E-state index is 13.4. The number of aromatic nitrogens is 3. The van der Waals surface area contributed by atoms with Gasteiger partial charge in [0.05, 0.1) is 17.4 Å². The number of carbonyl (C=O) groups is 1. The second-order valence-electron chi connectivity index (χ2n) is 6.92. The van der Waals surface area contributed by atoms with Crippen molar-refractivity contribution in [2.45, 2.75) is 18.9 Å². The SMILES string of the molecule is CN1CCC(N(C(=O)c2cnn(-c3ccncc3)c2)c2ccccc2)CC1. The van der Waals surface area contributed by atoms with E-state index in [1.807, 2.05) is 47.4 Å². The Morgan fingerprint density at radius 3 is 2.48 bits per heavy atom. The first-order valence-electron chi connectivity index (χ1n) is 9.24. The highest BCUT2D eigenvalue weighted by Crippen LogP contribution is 2.25. The van der Waals surface area contributed by atoms with Crippen LogP contribution in [-0.2, 0) is 0 Å². The van der Waals surface area contributed by atoms with Gasteiger partial charge in [0.15, 0.2) is 0 Å². The summed E-state index contributed by atoms with van der Waals surface area (Å²) in [5.74, 6) is -0.00365. The monoisotopic (exact) mass is 361 g/mol. The minimum absolute atomic E-state index is 0.00365. The van der Waals surface area contributed by atoms with Crippen molar-refractivity contribution in [3.05, 3.63) is 72.8 Å². The largest absolute Gasteiger partial charge is 0.306 e. The number of carbonyl (C=O) groups excluding carboxylic acids is 1. The summed E-state index contributed by atoms with van der Waals surface area (Å²) in [6.45, 7) is 2.00. The Kier molecular flexibility index (Phi) is 4.98. The predicted octanol–water partition coefficient (Wildman–Crippen LogP) is 3.01. The molecule has 1 saturated heterocycles. The molecule has 0 bridgehead atoms. The van der Waals surface area contributed by atoms with E-state index in [9.17, 15) is 4.79 Å². The van der Waals surface area contributed by atoms with Crippen LogP contribution in [0.1, 0.15) is 23.2 Å². The first-order valence-corrected chi connectivity index (χ1v) is 9.24. The Bertz CT molecular complexity index is 885. The summed E-state index contributed by atoms with van der Waals surface area (Å²) in [6, 6.07) is 13.9. The number of pyridine rings is 1. The second kappa shape index (κ2) is 7.72. The van der Waals surface area contributed by atoms with Crippen LogP contribution in [0.3, 0.4) is 0 Å². The lowest BCUT2D eigenvalue weighted by molar-refractivity contribution is 0.0963. The van der Waals surface area contributed by atoms with E-state index in [2.05, 4.69) is 22.0 Å². The molecule has 4 rings (SSSR count). The van der Waals surface area contributed by atoms with Gasteiger partial charge in [-0.15, -0.1) is 0 Å². The molecule has 1 fully saturated rings. The molecule has 0 unspecified atom stereocenters. The van der Waals surface area contributed by atoms with Gasteiger partial charge >= 0.3 is 0 Å². The molecular formula is C21H23N5O. The number of para-hydroxylation sites is 1. The molecule has 6 heteroatoms. The van der Waals surface area contributed by atoms with E-state index >= 15 is 0 Å². The third kappa shape index (κ3) is 3.75. The van der Waals surface area contributed by atoms with Crippen molar-refractivity contribution in [3.8, 4) is 5.69 Å². The normalized spacial score (nSPS) is 15.6. The number of nitrogens with zero attached hydrogens (tertiary/aromatic N) is 5. The van der Waals surface area contributed by atoms with E-state index in [1.165, 1.54) is 0 Å². The molecule has 3 aromatic rings. The minimum Gasteiger partial charge on any atom is -0.306 e. The summed E-state index contributed by atoms with van der Waals surface area (Å²) in [6.07, 6.45) is 8.81. The van der Waals surface area contributed by atoms with Gasteiger partial charge in [0, 0.05) is 30.3 Å². The van der Waals surface area contributed by atoms with Crippen molar-refractivity contribution in [2.75, 3.05) is 25.0 Å². The van der Waals surface area contributed by atoms with Crippen LogP contribution >= 0.6 is 0 Å². The second-order valence-corrected chi connectivity index (χ2v) is 6.92. The van der Waals surface area contributed by atoms with Gasteiger partial charge in [-0.3, -0.25) is 9.78 Å². The van der Waals surface area contributed by atoms with Crippen molar-refractivity contribution in [1.29, 1.82) is 0 Å². The van der Waals surface area contributed by atoms with Crippen molar-refractivity contribution in [3.63, 3.8) is 0 Å². The summed E-state index contributed by atoms with van der Waals surface area (Å²) in [4.78, 5) is 21.7. The molecule has 1 aromatic carbocycles. The third-order valence-corrected chi connectivity index (χ3v) is 5.06. The zero-order valence-corrected chi connectivity index (χ0v) is 15.4. The summed E-state index contributed by atoms with van der Waals surface area (Å²) in [7, 11) is 2.13. The molecule has 1 amide bonds. The minimum atomic E-state index is -0.00365. The molecule has 0 radical (unpaired) electrons. The van der Waals surface area contributed by atoms with Crippen LogP contribution in [-0.4, -0.2) is 51.8 Å². The number of likely N-dealkylation sites (tertiary alicyclic amines) is 1. The van der Waals surface area contributed by atoms with Gasteiger partial charge in [-0.2, -0.15) is 5.10 Å². The molecule has 3 heterocycles. The molecule has 0 aliphatic carbocycles. The van der Waals surface area contributed by atoms with Crippen LogP contribution in [0.5, 0.6) is 0 Å². The number of anilines is 1. The van der Waals surface area contributed by atoms with E-state index in [4.69, 9.17) is 0 Å². The zero-order chi connectivity index (χ0) is 18.6. The molecule has 0 atom stereocenters. The fourth-order valence-electron chi connectivity index (χ4n) is 3.55. The fraction of sp³-hybridized carbons (Fsp3) is 0.286. The van der Waals surface area contributed by atoms with E-state index in [-0.39, 0.29) is 11.9 Å². The van der Waals surface area contributed by atoms with Crippen molar-refractivity contribution >= 4 is 11.6 Å². The van der Waals surface area contributed by atoms with Crippen LogP contribution in [0.15, 0.2) is 67.3 Å². The van der Waals surface area contributed by atoms with Crippen LogP contribution in [0, 0.1) is 0 Å². The van der Waals surface area contributed by atoms with E-state index in [0.717, 1.165) is 37.3 Å². The molecule has 6 nitrogen and oxygen atoms in total. The molecule has 138 valence electrons. The molecule has 27 heavy (non-hydrogen) atoms. The zero-order valence-electron chi connectivity index (χ0n) is 15.4. The first-order chi connectivity index (χ1) is 13.2. The van der Waals surface area contributed by atoms with Gasteiger partial charge in [0.25, 0.3) is 5.91 Å². The number of rotatable bonds is 4. The molecule has 1 aliphatic rings. The van der Waals surface area contributed by atoms with Crippen LogP contribution in [0.25, 0.3) is 5.69 Å². The summed E-state index contributed by atoms with van der Waals surface area (Å²) < 4.78 is 1.72. The third-order valence-electron chi connectivity index (χ3n) is 5.06. The van der Waals surface area contributed by atoms with Crippen LogP contribution in [0.2, 0.25) is 0 Å². The Balaban J connectivity index is 1.64. The Morgan fingerprint density at radius 1 is 1.07 bits per heavy atom. The summed E-state index contributed by atoms with van der Waals surface area (Å²) >= 11 is 0. The van der Waals surface area contributed by atoms with E-state index in [1.54, 1.807) is 29.5 Å². The van der Waals surface area contributed by atoms with E-state index < -0.39 is 0 Å². The molecule has 0 N–H and O–H groups in total. The quantitative estimate of drug-likeness (QED) is 0.717. The van der Waals surface area contributed by atoms with Crippen molar-refractivity contribution in [2.24, 2.45) is 0 Å². The average Bonchev–Trinajstić information content (AvgIpc) is 3.21. The van der Waals surface area contributed by atoms with Crippen LogP contribution in [0.4, 0.5) is 5.69 Å². The first kappa shape index (κ1) is 17.4. The molecule has 1 aliphatic heterocycles. The number of benzene rings is 1. The lowest BCUT2D eigenvalue weighted by atomic mass is 10.0. The Morgan fingerprint density at radius 2 is 1.78 bits per heavy atom. The highest BCUT2D eigenvalue weighted by Gasteiger charge is 2.29. The lowest BCUT2D eigenvalue weighted by Gasteiger charge is -2.37. The van der Waals surface area contributed by atoms with E-state index in [0.29, 0.717) is 5.56 Å². The van der Waals surface area contributed by atoms with Gasteiger partial charge < -0.3 is 9.80 Å². The maximum atomic E-state index is 13.4. The van der Waals surface area contributed by atoms with Crippen molar-refractivity contribution < 1.29 is 4.79 Å². The molecule has 0 saturated carbocycles. The van der Waals surface area contributed by atoms with Gasteiger partial charge in [-0.1, -0.05) is 18.2 Å².